The summed E-state index contributed by atoms with van der Waals surface area (Å²) in [6.45, 7) is 3.89. The first kappa shape index (κ1) is 8.73. The van der Waals surface area contributed by atoms with Gasteiger partial charge in [0.15, 0.2) is 0 Å². The minimum Gasteiger partial charge on any atom is -0.388 e. The van der Waals surface area contributed by atoms with Gasteiger partial charge in [0.25, 0.3) is 0 Å². The largest absolute Gasteiger partial charge is 0.388 e. The van der Waals surface area contributed by atoms with Gasteiger partial charge in [-0.2, -0.15) is 0 Å². The molecule has 68 valence electrons. The lowest BCUT2D eigenvalue weighted by Gasteiger charge is -2.00. The van der Waals surface area contributed by atoms with Crippen molar-refractivity contribution in [2.45, 2.75) is 20.0 Å². The molecule has 0 spiro atoms. The Kier molecular flexibility index (Phi) is 2.10. The number of thiophene rings is 1. The van der Waals surface area contributed by atoms with Crippen LogP contribution in [0.15, 0.2) is 24.3 Å². The van der Waals surface area contributed by atoms with Crippen LogP contribution in [0.1, 0.15) is 23.5 Å². The van der Waals surface area contributed by atoms with Crippen LogP contribution >= 0.6 is 11.3 Å². The van der Waals surface area contributed by atoms with Crippen LogP contribution in [0.3, 0.4) is 0 Å². The van der Waals surface area contributed by atoms with E-state index in [-0.39, 0.29) is 6.10 Å². The number of aliphatic hydroxyl groups excluding tert-OH is 1. The molecule has 0 radical (unpaired) electrons. The molecule has 0 saturated carbocycles. The molecular formula is C11H12OS. The molecule has 2 aromatic rings. The first-order chi connectivity index (χ1) is 6.20. The molecular weight excluding hydrogens is 180 g/mol. The zero-order chi connectivity index (χ0) is 9.42. The topological polar surface area (TPSA) is 20.2 Å². The minimum absolute atomic E-state index is 0.350. The molecule has 1 N–H and O–H groups in total. The van der Waals surface area contributed by atoms with Crippen molar-refractivity contribution in [3.05, 3.63) is 34.7 Å². The molecule has 1 nitrogen and oxygen atoms in total. The maximum absolute atomic E-state index is 9.52. The van der Waals surface area contributed by atoms with Gasteiger partial charge in [0.1, 0.15) is 0 Å². The van der Waals surface area contributed by atoms with Crippen molar-refractivity contribution in [3.8, 4) is 0 Å². The van der Waals surface area contributed by atoms with E-state index >= 15 is 0 Å². The molecule has 2 heteroatoms. The zero-order valence-corrected chi connectivity index (χ0v) is 8.56. The Hall–Kier alpha value is -0.860. The zero-order valence-electron chi connectivity index (χ0n) is 7.74. The summed E-state index contributed by atoms with van der Waals surface area (Å²) in [5.74, 6) is 0. The lowest BCUT2D eigenvalue weighted by Crippen LogP contribution is -1.87. The monoisotopic (exact) mass is 192 g/mol. The van der Waals surface area contributed by atoms with Gasteiger partial charge in [0, 0.05) is 9.58 Å². The number of benzene rings is 1. The van der Waals surface area contributed by atoms with E-state index < -0.39 is 0 Å². The number of hydrogen-bond donors (Lipinski definition) is 1. The van der Waals surface area contributed by atoms with E-state index in [9.17, 15) is 5.11 Å². The molecule has 2 rings (SSSR count). The maximum atomic E-state index is 9.52. The number of hydrogen-bond acceptors (Lipinski definition) is 2. The molecule has 0 bridgehead atoms. The Labute approximate surface area is 81.6 Å². The second-order valence-corrected chi connectivity index (χ2v) is 4.35. The summed E-state index contributed by atoms with van der Waals surface area (Å²) in [7, 11) is 0. The Morgan fingerprint density at radius 3 is 2.62 bits per heavy atom. The Morgan fingerprint density at radius 1 is 1.31 bits per heavy atom. The van der Waals surface area contributed by atoms with E-state index in [1.807, 2.05) is 19.1 Å². The third-order valence-electron chi connectivity index (χ3n) is 2.26. The smallest absolute Gasteiger partial charge is 0.0857 e. The Balaban J connectivity index is 2.74. The number of aryl methyl sites for hydroxylation is 1. The highest BCUT2D eigenvalue weighted by molar-refractivity contribution is 7.19. The summed E-state index contributed by atoms with van der Waals surface area (Å²) < 4.78 is 1.26. The van der Waals surface area contributed by atoms with E-state index in [0.29, 0.717) is 0 Å². The van der Waals surface area contributed by atoms with Gasteiger partial charge < -0.3 is 5.11 Å². The van der Waals surface area contributed by atoms with Crippen molar-refractivity contribution in [3.63, 3.8) is 0 Å². The lowest BCUT2D eigenvalue weighted by atomic mass is 10.1. The van der Waals surface area contributed by atoms with Crippen LogP contribution in [0, 0.1) is 6.92 Å². The second kappa shape index (κ2) is 3.13. The van der Waals surface area contributed by atoms with Gasteiger partial charge in [-0.05, 0) is 30.9 Å². The molecule has 1 atom stereocenters. The molecule has 0 saturated heterocycles. The predicted molar refractivity (Wildman–Crippen MR) is 57.2 cm³/mol. The van der Waals surface area contributed by atoms with Crippen LogP contribution in [0.5, 0.6) is 0 Å². The normalized spacial score (nSPS) is 13.5. The number of rotatable bonds is 1. The van der Waals surface area contributed by atoms with E-state index in [2.05, 4.69) is 19.1 Å². The van der Waals surface area contributed by atoms with Crippen LogP contribution in [0.4, 0.5) is 0 Å². The fraction of sp³-hybridized carbons (Fsp3) is 0.273. The highest BCUT2D eigenvalue weighted by Gasteiger charge is 2.11. The average Bonchev–Trinajstić information content (AvgIpc) is 2.45. The first-order valence-electron chi connectivity index (χ1n) is 4.36. The van der Waals surface area contributed by atoms with Gasteiger partial charge in [-0.15, -0.1) is 11.3 Å². The van der Waals surface area contributed by atoms with Crippen LogP contribution in [-0.4, -0.2) is 5.11 Å². The highest BCUT2D eigenvalue weighted by Crippen LogP contribution is 2.34. The van der Waals surface area contributed by atoms with Crippen molar-refractivity contribution < 1.29 is 5.11 Å². The Morgan fingerprint density at radius 2 is 2.00 bits per heavy atom. The quantitative estimate of drug-likeness (QED) is 0.735. The minimum atomic E-state index is -0.350. The molecule has 0 amide bonds. The van der Waals surface area contributed by atoms with E-state index in [0.717, 1.165) is 4.88 Å². The Bertz CT molecular complexity index is 429. The number of aliphatic hydroxyl groups is 1. The van der Waals surface area contributed by atoms with Gasteiger partial charge in [-0.1, -0.05) is 18.2 Å². The second-order valence-electron chi connectivity index (χ2n) is 3.26. The van der Waals surface area contributed by atoms with Crippen molar-refractivity contribution >= 4 is 21.4 Å². The van der Waals surface area contributed by atoms with Gasteiger partial charge in [0.05, 0.1) is 6.10 Å². The first-order valence-corrected chi connectivity index (χ1v) is 5.18. The average molecular weight is 192 g/mol. The molecule has 13 heavy (non-hydrogen) atoms. The SMILES string of the molecule is Cc1c([C@@H](C)O)sc2ccccc12. The molecule has 1 heterocycles. The summed E-state index contributed by atoms with van der Waals surface area (Å²) in [6.07, 6.45) is -0.350. The molecule has 0 aliphatic heterocycles. The summed E-state index contributed by atoms with van der Waals surface area (Å²) in [5.41, 5.74) is 1.22. The third-order valence-corrected chi connectivity index (χ3v) is 3.70. The van der Waals surface area contributed by atoms with Crippen LogP contribution in [0.2, 0.25) is 0 Å². The summed E-state index contributed by atoms with van der Waals surface area (Å²) >= 11 is 1.68. The summed E-state index contributed by atoms with van der Waals surface area (Å²) in [5, 5.41) is 10.8. The fourth-order valence-corrected chi connectivity index (χ4v) is 2.74. The summed E-state index contributed by atoms with van der Waals surface area (Å²) in [6, 6.07) is 8.27. The molecule has 1 aromatic heterocycles. The van der Waals surface area contributed by atoms with E-state index in [1.54, 1.807) is 11.3 Å². The molecule has 0 aliphatic rings. The van der Waals surface area contributed by atoms with Gasteiger partial charge in [-0.25, -0.2) is 0 Å². The van der Waals surface area contributed by atoms with Gasteiger partial charge in [-0.3, -0.25) is 0 Å². The van der Waals surface area contributed by atoms with Crippen molar-refractivity contribution in [2.24, 2.45) is 0 Å². The standard InChI is InChI=1S/C11H12OS/c1-7-9-5-3-4-6-10(9)13-11(7)8(2)12/h3-6,8,12H,1-2H3/t8-/m1/s1. The fourth-order valence-electron chi connectivity index (χ4n) is 1.59. The van der Waals surface area contributed by atoms with Crippen molar-refractivity contribution in [1.82, 2.24) is 0 Å². The summed E-state index contributed by atoms with van der Waals surface area (Å²) in [4.78, 5) is 1.08. The number of fused-ring (bicyclic) bond motifs is 1. The van der Waals surface area contributed by atoms with Crippen LogP contribution < -0.4 is 0 Å². The van der Waals surface area contributed by atoms with Crippen LogP contribution in [0.25, 0.3) is 10.1 Å². The van der Waals surface area contributed by atoms with Crippen molar-refractivity contribution in [1.29, 1.82) is 0 Å². The molecule has 1 aromatic carbocycles. The van der Waals surface area contributed by atoms with Gasteiger partial charge in [0.2, 0.25) is 0 Å². The highest BCUT2D eigenvalue weighted by atomic mass is 32.1. The molecule has 0 unspecified atom stereocenters. The molecule has 0 aliphatic carbocycles. The van der Waals surface area contributed by atoms with E-state index in [1.165, 1.54) is 15.6 Å². The molecule has 0 fully saturated rings. The predicted octanol–water partition coefficient (Wildman–Crippen LogP) is 3.26. The third kappa shape index (κ3) is 1.36. The van der Waals surface area contributed by atoms with Crippen molar-refractivity contribution in [2.75, 3.05) is 0 Å². The van der Waals surface area contributed by atoms with Crippen LogP contribution in [-0.2, 0) is 0 Å². The lowest BCUT2D eigenvalue weighted by molar-refractivity contribution is 0.202. The van der Waals surface area contributed by atoms with Gasteiger partial charge >= 0.3 is 0 Å². The maximum Gasteiger partial charge on any atom is 0.0857 e. The van der Waals surface area contributed by atoms with E-state index in [4.69, 9.17) is 0 Å².